The molecular formula is C5H8BrClO. The Balaban J connectivity index is 3.24. The Labute approximate surface area is 62.5 Å². The molecule has 0 aliphatic heterocycles. The first-order valence-corrected chi connectivity index (χ1v) is 3.78. The first-order valence-electron chi connectivity index (χ1n) is 2.49. The number of carbonyl (C=O) groups excluding carboxylic acids is 1. The van der Waals surface area contributed by atoms with Gasteiger partial charge in [0.2, 0.25) is 5.24 Å². The van der Waals surface area contributed by atoms with Crippen LogP contribution in [0.2, 0.25) is 0 Å². The molecule has 0 heterocycles. The smallest absolute Gasteiger partial charge is 0.222 e. The summed E-state index contributed by atoms with van der Waals surface area (Å²) in [4.78, 5) is 10.4. The van der Waals surface area contributed by atoms with Crippen molar-refractivity contribution in [2.24, 2.45) is 0 Å². The predicted octanol–water partition coefficient (Wildman–Crippen LogP) is 2.32. The summed E-state index contributed by atoms with van der Waals surface area (Å²) in [5.74, 6) is 0. The summed E-state index contributed by atoms with van der Waals surface area (Å²) >= 11 is 8.35. The number of halogens is 2. The predicted molar refractivity (Wildman–Crippen MR) is 38.5 cm³/mol. The first kappa shape index (κ1) is 8.44. The van der Waals surface area contributed by atoms with Crippen molar-refractivity contribution in [2.45, 2.75) is 24.6 Å². The topological polar surface area (TPSA) is 17.1 Å². The Morgan fingerprint density at radius 2 is 2.38 bits per heavy atom. The SMILES string of the molecule is CCC(Br)CC(=O)Cl. The summed E-state index contributed by atoms with van der Waals surface area (Å²) < 4.78 is 0. The van der Waals surface area contributed by atoms with Gasteiger partial charge in [0.25, 0.3) is 0 Å². The summed E-state index contributed by atoms with van der Waals surface area (Å²) in [6, 6.07) is 0. The second-order valence-corrected chi connectivity index (χ2v) is 3.28. The van der Waals surface area contributed by atoms with Crippen molar-refractivity contribution in [3.8, 4) is 0 Å². The molecule has 8 heavy (non-hydrogen) atoms. The lowest BCUT2D eigenvalue weighted by molar-refractivity contribution is -0.111. The quantitative estimate of drug-likeness (QED) is 0.504. The third kappa shape index (κ3) is 4.60. The zero-order valence-corrected chi connectivity index (χ0v) is 7.00. The lowest BCUT2D eigenvalue weighted by Gasteiger charge is -1.98. The highest BCUT2D eigenvalue weighted by Gasteiger charge is 2.04. The fourth-order valence-corrected chi connectivity index (χ4v) is 0.985. The average molecular weight is 199 g/mol. The van der Waals surface area contributed by atoms with Gasteiger partial charge in [-0.15, -0.1) is 0 Å². The van der Waals surface area contributed by atoms with Crippen LogP contribution in [0.5, 0.6) is 0 Å². The molecule has 0 N–H and O–H groups in total. The average Bonchev–Trinajstić information content (AvgIpc) is 1.65. The van der Waals surface area contributed by atoms with Gasteiger partial charge < -0.3 is 0 Å². The van der Waals surface area contributed by atoms with Crippen LogP contribution in [0.4, 0.5) is 0 Å². The van der Waals surface area contributed by atoms with Gasteiger partial charge in [-0.25, -0.2) is 0 Å². The molecular weight excluding hydrogens is 191 g/mol. The number of hydrogen-bond acceptors (Lipinski definition) is 1. The van der Waals surface area contributed by atoms with Crippen molar-refractivity contribution in [1.82, 2.24) is 0 Å². The van der Waals surface area contributed by atoms with Crippen LogP contribution in [-0.4, -0.2) is 10.1 Å². The number of hydrogen-bond donors (Lipinski definition) is 0. The highest BCUT2D eigenvalue weighted by atomic mass is 79.9. The molecule has 0 rings (SSSR count). The molecule has 1 unspecified atom stereocenters. The third-order valence-electron chi connectivity index (χ3n) is 0.825. The van der Waals surface area contributed by atoms with Crippen LogP contribution >= 0.6 is 27.5 Å². The molecule has 0 bridgehead atoms. The van der Waals surface area contributed by atoms with Gasteiger partial charge in [0.15, 0.2) is 0 Å². The number of rotatable bonds is 3. The molecule has 0 saturated heterocycles. The van der Waals surface area contributed by atoms with Crippen LogP contribution in [0, 0.1) is 0 Å². The van der Waals surface area contributed by atoms with E-state index in [1.165, 1.54) is 0 Å². The zero-order valence-electron chi connectivity index (χ0n) is 4.66. The fourth-order valence-electron chi connectivity index (χ4n) is 0.318. The monoisotopic (exact) mass is 198 g/mol. The van der Waals surface area contributed by atoms with Crippen LogP contribution in [-0.2, 0) is 4.79 Å². The first-order chi connectivity index (χ1) is 3.66. The van der Waals surface area contributed by atoms with Gasteiger partial charge in [0.05, 0.1) is 0 Å². The number of carbonyl (C=O) groups is 1. The Hall–Kier alpha value is 0.440. The van der Waals surface area contributed by atoms with Crippen LogP contribution in [0.1, 0.15) is 19.8 Å². The Kier molecular flexibility index (Phi) is 4.57. The van der Waals surface area contributed by atoms with Gasteiger partial charge in [-0.05, 0) is 18.0 Å². The van der Waals surface area contributed by atoms with E-state index in [1.54, 1.807) is 0 Å². The summed E-state index contributed by atoms with van der Waals surface area (Å²) in [7, 11) is 0. The molecule has 0 saturated carbocycles. The van der Waals surface area contributed by atoms with Crippen molar-refractivity contribution in [2.75, 3.05) is 0 Å². The number of alkyl halides is 1. The van der Waals surface area contributed by atoms with E-state index in [1.807, 2.05) is 6.92 Å². The van der Waals surface area contributed by atoms with E-state index in [0.717, 1.165) is 6.42 Å². The minimum Gasteiger partial charge on any atom is -0.281 e. The minimum absolute atomic E-state index is 0.257. The maximum atomic E-state index is 10.1. The highest BCUT2D eigenvalue weighted by Crippen LogP contribution is 2.10. The van der Waals surface area contributed by atoms with Crippen molar-refractivity contribution >= 4 is 32.8 Å². The largest absolute Gasteiger partial charge is 0.281 e. The van der Waals surface area contributed by atoms with E-state index in [2.05, 4.69) is 15.9 Å². The van der Waals surface area contributed by atoms with Crippen molar-refractivity contribution in [3.63, 3.8) is 0 Å². The zero-order chi connectivity index (χ0) is 6.57. The molecule has 0 amide bonds. The second kappa shape index (κ2) is 4.33. The molecule has 3 heteroatoms. The Bertz CT molecular complexity index is 84.5. The summed E-state index contributed by atoms with van der Waals surface area (Å²) in [5.41, 5.74) is 0. The molecule has 0 aliphatic rings. The van der Waals surface area contributed by atoms with Crippen LogP contribution in [0.15, 0.2) is 0 Å². The van der Waals surface area contributed by atoms with Gasteiger partial charge in [-0.1, -0.05) is 22.9 Å². The van der Waals surface area contributed by atoms with Gasteiger partial charge >= 0.3 is 0 Å². The summed E-state index contributed by atoms with van der Waals surface area (Å²) in [6.07, 6.45) is 1.37. The summed E-state index contributed by atoms with van der Waals surface area (Å²) in [5, 5.41) is -0.270. The molecule has 0 spiro atoms. The standard InChI is InChI=1S/C5H8BrClO/c1-2-4(6)3-5(7)8/h4H,2-3H2,1H3. The van der Waals surface area contributed by atoms with E-state index >= 15 is 0 Å². The lowest BCUT2D eigenvalue weighted by atomic mass is 10.3. The fraction of sp³-hybridized carbons (Fsp3) is 0.800. The molecule has 0 aromatic carbocycles. The molecule has 0 aliphatic carbocycles. The highest BCUT2D eigenvalue weighted by molar-refractivity contribution is 9.09. The molecule has 0 aromatic rings. The van der Waals surface area contributed by atoms with Crippen LogP contribution < -0.4 is 0 Å². The molecule has 1 nitrogen and oxygen atoms in total. The second-order valence-electron chi connectivity index (χ2n) is 1.56. The van der Waals surface area contributed by atoms with E-state index < -0.39 is 0 Å². The van der Waals surface area contributed by atoms with Gasteiger partial charge in [-0.2, -0.15) is 0 Å². The van der Waals surface area contributed by atoms with Crippen molar-refractivity contribution in [3.05, 3.63) is 0 Å². The van der Waals surface area contributed by atoms with Gasteiger partial charge in [-0.3, -0.25) is 4.79 Å². The lowest BCUT2D eigenvalue weighted by Crippen LogP contribution is -1.99. The van der Waals surface area contributed by atoms with E-state index in [0.29, 0.717) is 6.42 Å². The third-order valence-corrected chi connectivity index (χ3v) is 1.95. The molecule has 0 aromatic heterocycles. The van der Waals surface area contributed by atoms with Crippen molar-refractivity contribution in [1.29, 1.82) is 0 Å². The van der Waals surface area contributed by atoms with E-state index in [9.17, 15) is 4.79 Å². The Morgan fingerprint density at radius 1 is 1.88 bits per heavy atom. The van der Waals surface area contributed by atoms with Gasteiger partial charge in [0.1, 0.15) is 0 Å². The van der Waals surface area contributed by atoms with Gasteiger partial charge in [0, 0.05) is 11.2 Å². The van der Waals surface area contributed by atoms with E-state index in [-0.39, 0.29) is 10.1 Å². The maximum Gasteiger partial charge on any atom is 0.222 e. The molecule has 1 atom stereocenters. The maximum absolute atomic E-state index is 10.1. The molecule has 48 valence electrons. The van der Waals surface area contributed by atoms with Crippen LogP contribution in [0.3, 0.4) is 0 Å². The molecule has 0 fully saturated rings. The minimum atomic E-state index is -0.270. The normalized spacial score (nSPS) is 13.4. The summed E-state index contributed by atoms with van der Waals surface area (Å²) in [6.45, 7) is 2.00. The van der Waals surface area contributed by atoms with Crippen molar-refractivity contribution < 1.29 is 4.79 Å². The Morgan fingerprint density at radius 3 is 2.50 bits per heavy atom. The van der Waals surface area contributed by atoms with E-state index in [4.69, 9.17) is 11.6 Å². The van der Waals surface area contributed by atoms with Crippen LogP contribution in [0.25, 0.3) is 0 Å². The molecule has 0 radical (unpaired) electrons.